The summed E-state index contributed by atoms with van der Waals surface area (Å²) in [5, 5.41) is 15.2. The van der Waals surface area contributed by atoms with Gasteiger partial charge < -0.3 is 9.88 Å². The Bertz CT molecular complexity index is 1940. The van der Waals surface area contributed by atoms with Gasteiger partial charge in [-0.1, -0.05) is 6.07 Å². The molecule has 10 nitrogen and oxygen atoms in total. The number of piperazine rings is 1. The first-order valence-electron chi connectivity index (χ1n) is 16.2. The molecule has 6 rings (SSSR count). The number of halogens is 3. The van der Waals surface area contributed by atoms with Gasteiger partial charge in [0.15, 0.2) is 0 Å². The van der Waals surface area contributed by atoms with Crippen LogP contribution in [0.3, 0.4) is 0 Å². The van der Waals surface area contributed by atoms with E-state index in [-0.39, 0.29) is 23.0 Å². The van der Waals surface area contributed by atoms with Gasteiger partial charge in [-0.2, -0.15) is 22.7 Å². The lowest BCUT2D eigenvalue weighted by molar-refractivity contribution is -0.126. The Kier molecular flexibility index (Phi) is 9.76. The first-order chi connectivity index (χ1) is 22.7. The van der Waals surface area contributed by atoms with Crippen molar-refractivity contribution in [1.29, 1.82) is 5.26 Å². The Morgan fingerprint density at radius 1 is 1.12 bits per heavy atom. The van der Waals surface area contributed by atoms with E-state index in [4.69, 9.17) is 0 Å². The molecule has 0 aliphatic carbocycles. The summed E-state index contributed by atoms with van der Waals surface area (Å²) < 4.78 is 66.8. The number of nitriles is 1. The van der Waals surface area contributed by atoms with Crippen LogP contribution in [0.1, 0.15) is 48.4 Å². The van der Waals surface area contributed by atoms with Crippen molar-refractivity contribution in [2.24, 2.45) is 0 Å². The molecular weight excluding hydrogens is 662 g/mol. The molecule has 3 aromatic heterocycles. The smallest absolute Gasteiger partial charge is 0.367 e. The van der Waals surface area contributed by atoms with Gasteiger partial charge in [-0.15, -0.1) is 11.3 Å². The third-order valence-electron chi connectivity index (χ3n) is 9.75. The van der Waals surface area contributed by atoms with Gasteiger partial charge in [-0.05, 0) is 62.9 Å². The van der Waals surface area contributed by atoms with Crippen LogP contribution in [0.5, 0.6) is 0 Å². The fourth-order valence-corrected chi connectivity index (χ4v) is 9.36. The van der Waals surface area contributed by atoms with E-state index in [1.807, 2.05) is 13.0 Å². The van der Waals surface area contributed by atoms with E-state index in [9.17, 15) is 26.9 Å². The normalized spacial score (nSPS) is 20.0. The second-order valence-electron chi connectivity index (χ2n) is 13.2. The fraction of sp³-hybridized carbons (Fsp3) is 0.545. The van der Waals surface area contributed by atoms with E-state index in [1.54, 1.807) is 10.4 Å². The van der Waals surface area contributed by atoms with Crippen LogP contribution < -0.4 is 5.32 Å². The second kappa shape index (κ2) is 13.5. The van der Waals surface area contributed by atoms with Crippen molar-refractivity contribution in [3.05, 3.63) is 52.3 Å². The third-order valence-corrected chi connectivity index (χ3v) is 12.2. The molecule has 0 radical (unpaired) electrons. The quantitative estimate of drug-likeness (QED) is 0.248. The maximum absolute atomic E-state index is 13.0. The summed E-state index contributed by atoms with van der Waals surface area (Å²) in [4.78, 5) is 14.0. The number of benzene rings is 1. The molecule has 48 heavy (non-hydrogen) atoms. The van der Waals surface area contributed by atoms with Crippen LogP contribution in [0.25, 0.3) is 21.1 Å². The lowest BCUT2D eigenvalue weighted by Gasteiger charge is -2.41. The standard InChI is InChI=1S/C33H41F3N8O2S2/c1-21(42-11-12-44(22(2)17-42)48(4,45)46)18-43-26(16-37)13-28-23(3)24(5-6-30(28)43)19-41-9-7-25(8-10-41)40-31-29-14-27(15-33(34,35)36)47-32(29)39-20-38-31/h5-6,13-14,20-22,25H,7-12,15,17-19H2,1-4H3,(H,38,39,40)/t21?,22-/m0/s1. The number of rotatable bonds is 9. The minimum atomic E-state index is -4.27. The number of nitrogens with zero attached hydrogens (tertiary/aromatic N) is 7. The molecule has 1 unspecified atom stereocenters. The Hall–Kier alpha value is -3.29. The number of nitrogens with one attached hydrogen (secondary N) is 1. The first-order valence-corrected chi connectivity index (χ1v) is 18.9. The van der Waals surface area contributed by atoms with Crippen LogP contribution in [0, 0.1) is 18.3 Å². The van der Waals surface area contributed by atoms with Crippen LogP contribution in [0.15, 0.2) is 30.6 Å². The maximum atomic E-state index is 13.0. The van der Waals surface area contributed by atoms with Gasteiger partial charge >= 0.3 is 6.18 Å². The minimum Gasteiger partial charge on any atom is -0.367 e. The minimum absolute atomic E-state index is 0.109. The molecule has 0 amide bonds. The number of thiophene rings is 1. The second-order valence-corrected chi connectivity index (χ2v) is 16.3. The van der Waals surface area contributed by atoms with Gasteiger partial charge in [0, 0.05) is 79.7 Å². The van der Waals surface area contributed by atoms with Gasteiger partial charge in [-0.25, -0.2) is 18.4 Å². The molecule has 5 heterocycles. The molecule has 1 N–H and O–H groups in total. The summed E-state index contributed by atoms with van der Waals surface area (Å²) in [7, 11) is -3.24. The number of fused-ring (bicyclic) bond motifs is 2. The fourth-order valence-electron chi connectivity index (χ4n) is 7.20. The van der Waals surface area contributed by atoms with Gasteiger partial charge in [0.2, 0.25) is 10.0 Å². The van der Waals surface area contributed by atoms with Crippen LogP contribution in [0.2, 0.25) is 0 Å². The number of hydrogen-bond acceptors (Lipinski definition) is 9. The SMILES string of the molecule is Cc1c(CN2CCC(Nc3ncnc4sc(CC(F)(F)F)cc34)CC2)ccc2c1cc(C#N)n2CC(C)N1CCN(S(C)(=O)=O)[C@@H](C)C1. The van der Waals surface area contributed by atoms with E-state index in [0.29, 0.717) is 47.9 Å². The van der Waals surface area contributed by atoms with Crippen LogP contribution in [-0.2, 0) is 29.5 Å². The van der Waals surface area contributed by atoms with E-state index < -0.39 is 22.6 Å². The zero-order valence-electron chi connectivity index (χ0n) is 27.6. The number of likely N-dealkylation sites (tertiary alicyclic amines) is 1. The van der Waals surface area contributed by atoms with Crippen molar-refractivity contribution in [3.8, 4) is 6.07 Å². The topological polar surface area (TPSA) is 110 Å². The highest BCUT2D eigenvalue weighted by Gasteiger charge is 2.32. The Morgan fingerprint density at radius 3 is 2.54 bits per heavy atom. The first kappa shape index (κ1) is 34.6. The molecule has 2 aliphatic heterocycles. The molecule has 15 heteroatoms. The molecular formula is C33H41F3N8O2S2. The zero-order chi connectivity index (χ0) is 34.4. The number of sulfonamides is 1. The van der Waals surface area contributed by atoms with Crippen molar-refractivity contribution in [2.45, 2.75) is 77.4 Å². The average Bonchev–Trinajstić information content (AvgIpc) is 3.59. The monoisotopic (exact) mass is 702 g/mol. The highest BCUT2D eigenvalue weighted by molar-refractivity contribution is 7.88. The van der Waals surface area contributed by atoms with E-state index in [2.05, 4.69) is 61.7 Å². The van der Waals surface area contributed by atoms with Gasteiger partial charge in [0.1, 0.15) is 28.7 Å². The van der Waals surface area contributed by atoms with Crippen LogP contribution in [-0.4, -0.2) is 100 Å². The zero-order valence-corrected chi connectivity index (χ0v) is 29.2. The predicted molar refractivity (Wildman–Crippen MR) is 183 cm³/mol. The molecule has 2 saturated heterocycles. The van der Waals surface area contributed by atoms with E-state index >= 15 is 0 Å². The molecule has 0 spiro atoms. The van der Waals surface area contributed by atoms with Crippen LogP contribution >= 0.6 is 11.3 Å². The molecule has 258 valence electrons. The number of piperidine rings is 1. The molecule has 2 atom stereocenters. The Balaban J connectivity index is 1.09. The van der Waals surface area contributed by atoms with Crippen molar-refractivity contribution in [1.82, 2.24) is 28.6 Å². The molecule has 0 bridgehead atoms. The summed E-state index contributed by atoms with van der Waals surface area (Å²) in [6.07, 6.45) is -0.827. The third kappa shape index (κ3) is 7.47. The summed E-state index contributed by atoms with van der Waals surface area (Å²) >= 11 is 1.06. The van der Waals surface area contributed by atoms with Crippen molar-refractivity contribution >= 4 is 48.3 Å². The lowest BCUT2D eigenvalue weighted by Crippen LogP contribution is -2.56. The number of alkyl halides is 3. The van der Waals surface area contributed by atoms with Crippen molar-refractivity contribution in [2.75, 3.05) is 44.3 Å². The van der Waals surface area contributed by atoms with Gasteiger partial charge in [0.05, 0.1) is 18.1 Å². The van der Waals surface area contributed by atoms with Gasteiger partial charge in [0.25, 0.3) is 0 Å². The average molecular weight is 703 g/mol. The number of hydrogen-bond donors (Lipinski definition) is 1. The molecule has 4 aromatic rings. The summed E-state index contributed by atoms with van der Waals surface area (Å²) in [6, 6.07) is 10.3. The highest BCUT2D eigenvalue weighted by Crippen LogP contribution is 2.34. The molecule has 0 saturated carbocycles. The molecule has 2 aliphatic rings. The summed E-state index contributed by atoms with van der Waals surface area (Å²) in [5.41, 5.74) is 4.00. The van der Waals surface area contributed by atoms with Crippen molar-refractivity contribution in [3.63, 3.8) is 0 Å². The Morgan fingerprint density at radius 2 is 1.88 bits per heavy atom. The lowest BCUT2D eigenvalue weighted by atomic mass is 10.0. The van der Waals surface area contributed by atoms with Gasteiger partial charge in [-0.3, -0.25) is 9.80 Å². The summed E-state index contributed by atoms with van der Waals surface area (Å²) in [6.45, 7) is 11.1. The Labute approximate surface area is 283 Å². The molecule has 1 aromatic carbocycles. The van der Waals surface area contributed by atoms with E-state index in [0.717, 1.165) is 60.3 Å². The summed E-state index contributed by atoms with van der Waals surface area (Å²) in [5.74, 6) is 0.585. The van der Waals surface area contributed by atoms with Crippen molar-refractivity contribution < 1.29 is 21.6 Å². The predicted octanol–water partition coefficient (Wildman–Crippen LogP) is 5.36. The maximum Gasteiger partial charge on any atom is 0.393 e. The van der Waals surface area contributed by atoms with Crippen LogP contribution in [0.4, 0.5) is 19.0 Å². The number of aryl methyl sites for hydroxylation is 1. The number of aromatic nitrogens is 3. The highest BCUT2D eigenvalue weighted by atomic mass is 32.2. The molecule has 2 fully saturated rings. The number of anilines is 1. The van der Waals surface area contributed by atoms with E-state index in [1.165, 1.54) is 18.1 Å². The largest absolute Gasteiger partial charge is 0.393 e.